The lowest BCUT2D eigenvalue weighted by Gasteiger charge is -2.26. The smallest absolute Gasteiger partial charge is 0.293 e. The molecule has 154 valence electrons. The van der Waals surface area contributed by atoms with Crippen LogP contribution in [0.25, 0.3) is 0 Å². The predicted octanol–water partition coefficient (Wildman–Crippen LogP) is 3.21. The van der Waals surface area contributed by atoms with Crippen LogP contribution in [0.15, 0.2) is 42.5 Å². The van der Waals surface area contributed by atoms with Crippen LogP contribution in [0, 0.1) is 10.1 Å². The summed E-state index contributed by atoms with van der Waals surface area (Å²) in [5.74, 6) is 0.482. The molecule has 2 aromatic rings. The predicted molar refractivity (Wildman–Crippen MR) is 111 cm³/mol. The second-order valence-corrected chi connectivity index (χ2v) is 7.37. The lowest BCUT2D eigenvalue weighted by molar-refractivity contribution is -0.384. The van der Waals surface area contributed by atoms with E-state index >= 15 is 0 Å². The number of hydrogen-bond donors (Lipinski definition) is 2. The van der Waals surface area contributed by atoms with Gasteiger partial charge in [0.15, 0.2) is 0 Å². The Bertz CT molecular complexity index is 896. The third kappa shape index (κ3) is 5.23. The van der Waals surface area contributed by atoms with Crippen LogP contribution in [0.1, 0.15) is 34.8 Å². The van der Waals surface area contributed by atoms with Crippen molar-refractivity contribution in [1.82, 2.24) is 10.2 Å². The van der Waals surface area contributed by atoms with Crippen molar-refractivity contribution in [1.29, 1.82) is 0 Å². The van der Waals surface area contributed by atoms with Gasteiger partial charge in [0.1, 0.15) is 11.4 Å². The summed E-state index contributed by atoms with van der Waals surface area (Å²) >= 11 is 0. The Morgan fingerprint density at radius 3 is 2.66 bits per heavy atom. The maximum Gasteiger partial charge on any atom is 0.293 e. The van der Waals surface area contributed by atoms with Gasteiger partial charge in [0.05, 0.1) is 18.1 Å². The monoisotopic (exact) mass is 398 g/mol. The molecule has 0 aliphatic heterocycles. The molecule has 0 saturated heterocycles. The molecule has 2 aromatic carbocycles. The number of nitro benzene ring substituents is 1. The van der Waals surface area contributed by atoms with Crippen LogP contribution in [-0.2, 0) is 0 Å². The molecule has 0 spiro atoms. The molecule has 0 heterocycles. The van der Waals surface area contributed by atoms with E-state index in [4.69, 9.17) is 4.74 Å². The zero-order valence-electron chi connectivity index (χ0n) is 16.8. The van der Waals surface area contributed by atoms with Crippen LogP contribution in [0.3, 0.4) is 0 Å². The van der Waals surface area contributed by atoms with E-state index in [-0.39, 0.29) is 23.7 Å². The second-order valence-electron chi connectivity index (χ2n) is 7.37. The van der Waals surface area contributed by atoms with Crippen LogP contribution in [0.5, 0.6) is 5.75 Å². The number of nitrogens with one attached hydrogen (secondary N) is 2. The molecule has 1 atom stereocenters. The summed E-state index contributed by atoms with van der Waals surface area (Å²) in [5, 5.41) is 17.6. The molecule has 3 rings (SSSR count). The van der Waals surface area contributed by atoms with E-state index in [9.17, 15) is 14.9 Å². The zero-order chi connectivity index (χ0) is 21.0. The lowest BCUT2D eigenvalue weighted by atomic mass is 10.1. The van der Waals surface area contributed by atoms with Gasteiger partial charge in [-0.2, -0.15) is 0 Å². The van der Waals surface area contributed by atoms with Gasteiger partial charge in [0.2, 0.25) is 0 Å². The highest BCUT2D eigenvalue weighted by Gasteiger charge is 2.25. The molecule has 8 heteroatoms. The van der Waals surface area contributed by atoms with Crippen LogP contribution in [-0.4, -0.2) is 49.5 Å². The van der Waals surface area contributed by atoms with Crippen molar-refractivity contribution in [3.63, 3.8) is 0 Å². The van der Waals surface area contributed by atoms with Gasteiger partial charge in [-0.3, -0.25) is 14.9 Å². The standard InChI is InChI=1S/C21H26N4O4/c1-24(2)20(14-5-4-6-17(11-14)29-3)13-22-18-10-7-15(12-19(18)25(27)28)21(26)23-16-8-9-16/h4-7,10-12,16,20,22H,8-9,13H2,1-3H3,(H,23,26). The van der Waals surface area contributed by atoms with Crippen LogP contribution >= 0.6 is 0 Å². The summed E-state index contributed by atoms with van der Waals surface area (Å²) in [5.41, 5.74) is 1.60. The van der Waals surface area contributed by atoms with Gasteiger partial charge in [-0.05, 0) is 56.8 Å². The van der Waals surface area contributed by atoms with E-state index in [1.54, 1.807) is 19.2 Å². The number of anilines is 1. The van der Waals surface area contributed by atoms with E-state index in [2.05, 4.69) is 10.6 Å². The fourth-order valence-electron chi connectivity index (χ4n) is 3.12. The summed E-state index contributed by atoms with van der Waals surface area (Å²) in [7, 11) is 5.52. The molecule has 0 radical (unpaired) electrons. The van der Waals surface area contributed by atoms with Crippen molar-refractivity contribution < 1.29 is 14.5 Å². The zero-order valence-corrected chi connectivity index (χ0v) is 16.8. The van der Waals surface area contributed by atoms with Crippen molar-refractivity contribution in [2.45, 2.75) is 24.9 Å². The molecule has 1 fully saturated rings. The number of amides is 1. The maximum atomic E-state index is 12.2. The maximum absolute atomic E-state index is 12.2. The van der Waals surface area contributed by atoms with E-state index in [0.29, 0.717) is 17.8 Å². The Balaban J connectivity index is 1.78. The van der Waals surface area contributed by atoms with Crippen molar-refractivity contribution in [3.05, 3.63) is 63.7 Å². The van der Waals surface area contributed by atoms with Gasteiger partial charge in [-0.1, -0.05) is 12.1 Å². The van der Waals surface area contributed by atoms with Crippen molar-refractivity contribution in [3.8, 4) is 5.75 Å². The number of methoxy groups -OCH3 is 1. The number of benzene rings is 2. The summed E-state index contributed by atoms with van der Waals surface area (Å²) in [6.45, 7) is 0.453. The largest absolute Gasteiger partial charge is 0.497 e. The summed E-state index contributed by atoms with van der Waals surface area (Å²) in [6, 6.07) is 12.4. The topological polar surface area (TPSA) is 96.7 Å². The van der Waals surface area contributed by atoms with E-state index in [1.165, 1.54) is 6.07 Å². The Labute approximate surface area is 170 Å². The Morgan fingerprint density at radius 1 is 1.28 bits per heavy atom. The molecule has 1 saturated carbocycles. The van der Waals surface area contributed by atoms with Crippen LogP contribution in [0.2, 0.25) is 0 Å². The molecular weight excluding hydrogens is 372 g/mol. The van der Waals surface area contributed by atoms with Crippen molar-refractivity contribution in [2.75, 3.05) is 33.1 Å². The Morgan fingerprint density at radius 2 is 2.03 bits per heavy atom. The number of carbonyl (C=O) groups excluding carboxylic acids is 1. The van der Waals surface area contributed by atoms with Crippen LogP contribution in [0.4, 0.5) is 11.4 Å². The third-order valence-corrected chi connectivity index (χ3v) is 4.96. The molecule has 2 N–H and O–H groups in total. The average Bonchev–Trinajstić information content (AvgIpc) is 3.52. The first-order chi connectivity index (χ1) is 13.9. The molecule has 8 nitrogen and oxygen atoms in total. The number of carbonyl (C=O) groups is 1. The highest BCUT2D eigenvalue weighted by molar-refractivity contribution is 5.96. The van der Waals surface area contributed by atoms with Gasteiger partial charge in [-0.25, -0.2) is 0 Å². The molecule has 1 amide bonds. The fraction of sp³-hybridized carbons (Fsp3) is 0.381. The molecule has 1 aliphatic carbocycles. The molecular formula is C21H26N4O4. The van der Waals surface area contributed by atoms with Crippen molar-refractivity contribution >= 4 is 17.3 Å². The summed E-state index contributed by atoms with van der Waals surface area (Å²) in [6.07, 6.45) is 1.92. The molecule has 0 aromatic heterocycles. The number of nitro groups is 1. The average molecular weight is 398 g/mol. The first kappa shape index (κ1) is 20.6. The minimum absolute atomic E-state index is 0.0254. The van der Waals surface area contributed by atoms with E-state index in [0.717, 1.165) is 24.2 Å². The number of hydrogen-bond acceptors (Lipinski definition) is 6. The number of likely N-dealkylation sites (N-methyl/N-ethyl adjacent to an activating group) is 1. The molecule has 0 bridgehead atoms. The molecule has 29 heavy (non-hydrogen) atoms. The van der Waals surface area contributed by atoms with Crippen molar-refractivity contribution in [2.24, 2.45) is 0 Å². The van der Waals surface area contributed by atoms with Crippen LogP contribution < -0.4 is 15.4 Å². The van der Waals surface area contributed by atoms with Gasteiger partial charge >= 0.3 is 0 Å². The number of nitrogens with zero attached hydrogens (tertiary/aromatic N) is 2. The Hall–Kier alpha value is -3.13. The first-order valence-corrected chi connectivity index (χ1v) is 9.52. The van der Waals surface area contributed by atoms with E-state index in [1.807, 2.05) is 43.3 Å². The molecule has 1 aliphatic rings. The normalized spacial score (nSPS) is 14.3. The summed E-state index contributed by atoms with van der Waals surface area (Å²) < 4.78 is 5.30. The van der Waals surface area contributed by atoms with E-state index < -0.39 is 4.92 Å². The highest BCUT2D eigenvalue weighted by atomic mass is 16.6. The van der Waals surface area contributed by atoms with Gasteiger partial charge in [0, 0.05) is 24.2 Å². The SMILES string of the molecule is COc1cccc(C(CNc2ccc(C(=O)NC3CC3)cc2[N+](=O)[O-])N(C)C)c1. The minimum Gasteiger partial charge on any atom is -0.497 e. The second kappa shape index (κ2) is 8.91. The minimum atomic E-state index is -0.466. The quantitative estimate of drug-likeness (QED) is 0.497. The Kier molecular flexibility index (Phi) is 6.33. The summed E-state index contributed by atoms with van der Waals surface area (Å²) in [4.78, 5) is 25.3. The highest BCUT2D eigenvalue weighted by Crippen LogP contribution is 2.29. The van der Waals surface area contributed by atoms with Gasteiger partial charge in [0.25, 0.3) is 11.6 Å². The first-order valence-electron chi connectivity index (χ1n) is 9.52. The fourth-order valence-corrected chi connectivity index (χ4v) is 3.12. The number of ether oxygens (including phenoxy) is 1. The number of rotatable bonds is 9. The van der Waals surface area contributed by atoms with Gasteiger partial charge in [-0.15, -0.1) is 0 Å². The lowest BCUT2D eigenvalue weighted by Crippen LogP contribution is -2.27. The van der Waals surface area contributed by atoms with Gasteiger partial charge < -0.3 is 20.3 Å². The third-order valence-electron chi connectivity index (χ3n) is 4.96. The molecule has 1 unspecified atom stereocenters.